The quantitative estimate of drug-likeness (QED) is 0.202. The Labute approximate surface area is 167 Å². The fourth-order valence-electron chi connectivity index (χ4n) is 2.08. The van der Waals surface area contributed by atoms with Crippen molar-refractivity contribution in [1.29, 1.82) is 0 Å². The Morgan fingerprint density at radius 3 is 1.20 bits per heavy atom. The van der Waals surface area contributed by atoms with E-state index in [1.54, 1.807) is 0 Å². The number of Topliss-reactive ketones (excluding diaryl/α,β-unsaturated/α-hetero) is 2. The molecule has 2 aromatic rings. The number of rotatable bonds is 8. The van der Waals surface area contributed by atoms with E-state index in [1.807, 2.05) is 0 Å². The number of carbonyl (C=O) groups is 4. The van der Waals surface area contributed by atoms with E-state index >= 15 is 0 Å². The van der Waals surface area contributed by atoms with Gasteiger partial charge in [-0.25, -0.2) is 9.59 Å². The number of non-ortho nitro benzene ring substituents is 2. The van der Waals surface area contributed by atoms with Crippen LogP contribution in [0.3, 0.4) is 0 Å². The summed E-state index contributed by atoms with van der Waals surface area (Å²) >= 11 is 0. The molecule has 0 radical (unpaired) electrons. The van der Waals surface area contributed by atoms with Crippen LogP contribution in [-0.2, 0) is 19.1 Å². The molecule has 0 amide bonds. The first kappa shape index (κ1) is 21.8. The zero-order chi connectivity index (χ0) is 22.3. The monoisotopic (exact) mass is 416 g/mol. The van der Waals surface area contributed by atoms with Crippen molar-refractivity contribution < 1.29 is 38.5 Å². The smallest absolute Gasteiger partial charge is 0.417 e. The van der Waals surface area contributed by atoms with Gasteiger partial charge in [-0.3, -0.25) is 29.8 Å². The highest BCUT2D eigenvalue weighted by molar-refractivity contribution is 6.30. The van der Waals surface area contributed by atoms with Crippen LogP contribution in [0.25, 0.3) is 0 Å². The lowest BCUT2D eigenvalue weighted by Crippen LogP contribution is -2.25. The molecule has 0 aliphatic rings. The predicted octanol–water partition coefficient (Wildman–Crippen LogP) is 1.66. The number of nitro benzene ring substituents is 2. The van der Waals surface area contributed by atoms with Crippen molar-refractivity contribution in [2.24, 2.45) is 0 Å². The van der Waals surface area contributed by atoms with E-state index in [4.69, 9.17) is 0 Å². The first-order valence-corrected chi connectivity index (χ1v) is 8.08. The van der Waals surface area contributed by atoms with E-state index < -0.39 is 46.6 Å². The zero-order valence-corrected chi connectivity index (χ0v) is 15.0. The average Bonchev–Trinajstić information content (AvgIpc) is 2.75. The number of hydrogen-bond acceptors (Lipinski definition) is 10. The number of nitrogens with zero attached hydrogens (tertiary/aromatic N) is 2. The fourth-order valence-corrected chi connectivity index (χ4v) is 2.08. The summed E-state index contributed by atoms with van der Waals surface area (Å²) in [6.45, 7) is -1.63. The highest BCUT2D eigenvalue weighted by Crippen LogP contribution is 2.13. The molecule has 30 heavy (non-hydrogen) atoms. The van der Waals surface area contributed by atoms with Gasteiger partial charge in [0.1, 0.15) is 0 Å². The van der Waals surface area contributed by atoms with Gasteiger partial charge in [0, 0.05) is 35.4 Å². The van der Waals surface area contributed by atoms with E-state index in [-0.39, 0.29) is 22.5 Å². The van der Waals surface area contributed by atoms with Crippen LogP contribution in [0.15, 0.2) is 48.5 Å². The van der Waals surface area contributed by atoms with Gasteiger partial charge >= 0.3 is 11.9 Å². The largest absolute Gasteiger partial charge is 0.449 e. The summed E-state index contributed by atoms with van der Waals surface area (Å²) in [4.78, 5) is 66.7. The molecule has 0 aliphatic carbocycles. The summed E-state index contributed by atoms with van der Waals surface area (Å²) in [6.07, 6.45) is 0. The Balaban J connectivity index is 1.82. The number of benzene rings is 2. The van der Waals surface area contributed by atoms with Crippen LogP contribution in [-0.4, -0.2) is 46.6 Å². The molecule has 2 rings (SSSR count). The van der Waals surface area contributed by atoms with E-state index in [2.05, 4.69) is 9.47 Å². The lowest BCUT2D eigenvalue weighted by atomic mass is 10.1. The van der Waals surface area contributed by atoms with Crippen molar-refractivity contribution in [2.45, 2.75) is 0 Å². The molecule has 154 valence electrons. The molecule has 0 spiro atoms. The summed E-state index contributed by atoms with van der Waals surface area (Å²) in [6, 6.07) is 9.01. The second-order valence-corrected chi connectivity index (χ2v) is 5.61. The van der Waals surface area contributed by atoms with Crippen molar-refractivity contribution >= 4 is 34.9 Å². The molecule has 0 bridgehead atoms. The zero-order valence-electron chi connectivity index (χ0n) is 15.0. The van der Waals surface area contributed by atoms with Crippen LogP contribution in [0, 0.1) is 20.2 Å². The Morgan fingerprint density at radius 2 is 0.933 bits per heavy atom. The molecule has 0 aromatic heterocycles. The Morgan fingerprint density at radius 1 is 0.633 bits per heavy atom. The second kappa shape index (κ2) is 9.64. The summed E-state index contributed by atoms with van der Waals surface area (Å²) in [5.74, 6) is -4.45. The van der Waals surface area contributed by atoms with Crippen LogP contribution in [0.1, 0.15) is 20.7 Å². The van der Waals surface area contributed by atoms with Crippen LogP contribution < -0.4 is 0 Å². The van der Waals surface area contributed by atoms with Crippen LogP contribution in [0.4, 0.5) is 11.4 Å². The SMILES string of the molecule is O=C(OCC(=O)c1ccc([N+](=O)[O-])cc1)C(=O)OCC(=O)c1ccc([N+](=O)[O-])cc1. The number of ketones is 2. The maximum absolute atomic E-state index is 11.9. The lowest BCUT2D eigenvalue weighted by molar-refractivity contribution is -0.385. The lowest BCUT2D eigenvalue weighted by Gasteiger charge is -2.05. The highest BCUT2D eigenvalue weighted by atomic mass is 16.6. The van der Waals surface area contributed by atoms with Gasteiger partial charge in [0.05, 0.1) is 9.85 Å². The molecule has 12 nitrogen and oxygen atoms in total. The molecule has 0 saturated heterocycles. The van der Waals surface area contributed by atoms with E-state index in [0.29, 0.717) is 0 Å². The first-order chi connectivity index (χ1) is 14.2. The van der Waals surface area contributed by atoms with Crippen molar-refractivity contribution in [3.63, 3.8) is 0 Å². The van der Waals surface area contributed by atoms with Gasteiger partial charge in [-0.05, 0) is 24.3 Å². The number of ether oxygens (including phenoxy) is 2. The minimum Gasteiger partial charge on any atom is -0.449 e. The van der Waals surface area contributed by atoms with Gasteiger partial charge < -0.3 is 9.47 Å². The summed E-state index contributed by atoms with van der Waals surface area (Å²) in [5, 5.41) is 21.1. The molecular weight excluding hydrogens is 404 g/mol. The number of nitro groups is 2. The van der Waals surface area contributed by atoms with Crippen LogP contribution in [0.5, 0.6) is 0 Å². The Bertz CT molecular complexity index is 929. The van der Waals surface area contributed by atoms with Gasteiger partial charge in [0.2, 0.25) is 0 Å². The van der Waals surface area contributed by atoms with Crippen LogP contribution >= 0.6 is 0 Å². The third kappa shape index (κ3) is 5.76. The van der Waals surface area contributed by atoms with Crippen molar-refractivity contribution in [3.8, 4) is 0 Å². The second-order valence-electron chi connectivity index (χ2n) is 5.61. The fraction of sp³-hybridized carbons (Fsp3) is 0.111. The Hall–Kier alpha value is -4.48. The Kier molecular flexibility index (Phi) is 7.01. The molecule has 2 aromatic carbocycles. The minimum absolute atomic E-state index is 0.0233. The van der Waals surface area contributed by atoms with E-state index in [0.717, 1.165) is 48.5 Å². The summed E-state index contributed by atoms with van der Waals surface area (Å²) in [7, 11) is 0. The molecule has 0 atom stereocenters. The van der Waals surface area contributed by atoms with Gasteiger partial charge in [-0.15, -0.1) is 0 Å². The average molecular weight is 416 g/mol. The van der Waals surface area contributed by atoms with Gasteiger partial charge in [0.25, 0.3) is 11.4 Å². The molecule has 0 N–H and O–H groups in total. The minimum atomic E-state index is -1.51. The molecule has 0 fully saturated rings. The third-order valence-electron chi connectivity index (χ3n) is 3.64. The number of esters is 2. The van der Waals surface area contributed by atoms with Crippen molar-refractivity contribution in [1.82, 2.24) is 0 Å². The maximum Gasteiger partial charge on any atom is 0.417 e. The van der Waals surface area contributed by atoms with Gasteiger partial charge in [-0.2, -0.15) is 0 Å². The van der Waals surface area contributed by atoms with E-state index in [9.17, 15) is 39.4 Å². The summed E-state index contributed by atoms with van der Waals surface area (Å²) < 4.78 is 8.99. The normalized spacial score (nSPS) is 10.0. The van der Waals surface area contributed by atoms with Gasteiger partial charge in [-0.1, -0.05) is 0 Å². The third-order valence-corrected chi connectivity index (χ3v) is 3.64. The first-order valence-electron chi connectivity index (χ1n) is 8.08. The molecule has 12 heteroatoms. The molecular formula is C18H12N2O10. The topological polar surface area (TPSA) is 173 Å². The molecule has 0 heterocycles. The van der Waals surface area contributed by atoms with Crippen LogP contribution in [0.2, 0.25) is 0 Å². The standard InChI is InChI=1S/C18H12N2O10/c21-15(11-1-5-13(6-2-11)19(25)26)9-29-17(23)18(24)30-10-16(22)12-3-7-14(8-4-12)20(27)28/h1-8H,9-10H2. The van der Waals surface area contributed by atoms with Crippen molar-refractivity contribution in [2.75, 3.05) is 13.2 Å². The molecule has 0 aliphatic heterocycles. The molecule has 0 unspecified atom stereocenters. The van der Waals surface area contributed by atoms with Crippen molar-refractivity contribution in [3.05, 3.63) is 79.9 Å². The summed E-state index contributed by atoms with van der Waals surface area (Å²) in [5.41, 5.74) is -0.417. The number of hydrogen-bond donors (Lipinski definition) is 0. The maximum atomic E-state index is 11.9. The predicted molar refractivity (Wildman–Crippen MR) is 96.8 cm³/mol. The van der Waals surface area contributed by atoms with E-state index in [1.165, 1.54) is 0 Å². The van der Waals surface area contributed by atoms with Gasteiger partial charge in [0.15, 0.2) is 24.8 Å². The highest BCUT2D eigenvalue weighted by Gasteiger charge is 2.21. The molecule has 0 saturated carbocycles. The number of carbonyl (C=O) groups excluding carboxylic acids is 4.